The van der Waals surface area contributed by atoms with Gasteiger partial charge >= 0.3 is 0 Å². The van der Waals surface area contributed by atoms with Gasteiger partial charge in [0.05, 0.1) is 11.9 Å². The first kappa shape index (κ1) is 19.0. The van der Waals surface area contributed by atoms with E-state index in [-0.39, 0.29) is 24.1 Å². The number of aliphatic hydroxyl groups is 1. The topological polar surface area (TPSA) is 77.2 Å². The number of aryl methyl sites for hydroxylation is 1. The minimum absolute atomic E-state index is 0.0713. The predicted molar refractivity (Wildman–Crippen MR) is 105 cm³/mol. The van der Waals surface area contributed by atoms with Crippen LogP contribution in [0.5, 0.6) is 5.75 Å². The second kappa shape index (κ2) is 7.48. The molecule has 0 amide bonds. The molecule has 3 aromatic rings. The molecule has 0 saturated carbocycles. The summed E-state index contributed by atoms with van der Waals surface area (Å²) in [7, 11) is 0. The Morgan fingerprint density at radius 3 is 2.70 bits per heavy atom. The maximum Gasteiger partial charge on any atom is 0.262 e. The maximum atomic E-state index is 12.5. The highest BCUT2D eigenvalue weighted by Crippen LogP contribution is 2.27. The number of aromatic nitrogens is 3. The van der Waals surface area contributed by atoms with Crippen molar-refractivity contribution >= 4 is 11.0 Å². The van der Waals surface area contributed by atoms with E-state index in [0.717, 1.165) is 11.3 Å². The molecule has 27 heavy (non-hydrogen) atoms. The Kier molecular flexibility index (Phi) is 5.28. The second-order valence-electron chi connectivity index (χ2n) is 7.77. The van der Waals surface area contributed by atoms with E-state index in [1.54, 1.807) is 18.3 Å². The van der Waals surface area contributed by atoms with Crippen LogP contribution in [0.4, 0.5) is 0 Å². The second-order valence-corrected chi connectivity index (χ2v) is 7.77. The van der Waals surface area contributed by atoms with Gasteiger partial charge in [-0.2, -0.15) is 0 Å². The van der Waals surface area contributed by atoms with Crippen LogP contribution >= 0.6 is 0 Å². The van der Waals surface area contributed by atoms with Crippen LogP contribution < -0.4 is 10.3 Å². The summed E-state index contributed by atoms with van der Waals surface area (Å²) in [5.41, 5.74) is 2.50. The summed E-state index contributed by atoms with van der Waals surface area (Å²) in [5.74, 6) is 0.732. The molecule has 0 aliphatic rings. The van der Waals surface area contributed by atoms with Crippen LogP contribution in [0.3, 0.4) is 0 Å². The minimum Gasteiger partial charge on any atom is -0.491 e. The Morgan fingerprint density at radius 1 is 1.22 bits per heavy atom. The third-order valence-corrected chi connectivity index (χ3v) is 4.48. The quantitative estimate of drug-likeness (QED) is 0.750. The van der Waals surface area contributed by atoms with Crippen LogP contribution in [0.1, 0.15) is 31.9 Å². The highest BCUT2D eigenvalue weighted by molar-refractivity contribution is 5.72. The number of nitrogens with zero attached hydrogens (tertiary/aromatic N) is 3. The number of benzene rings is 1. The van der Waals surface area contributed by atoms with E-state index in [4.69, 9.17) is 4.74 Å². The van der Waals surface area contributed by atoms with Crippen molar-refractivity contribution in [1.29, 1.82) is 0 Å². The van der Waals surface area contributed by atoms with Crippen molar-refractivity contribution in [2.24, 2.45) is 0 Å². The molecule has 1 N–H and O–H groups in total. The molecule has 0 spiro atoms. The van der Waals surface area contributed by atoms with Crippen LogP contribution in [0.25, 0.3) is 11.0 Å². The van der Waals surface area contributed by atoms with Gasteiger partial charge in [0.1, 0.15) is 24.8 Å². The monoisotopic (exact) mass is 367 g/mol. The molecule has 2 aromatic heterocycles. The fourth-order valence-corrected chi connectivity index (χ4v) is 2.87. The van der Waals surface area contributed by atoms with Crippen molar-refractivity contribution in [3.8, 4) is 5.75 Å². The molecule has 0 aliphatic heterocycles. The minimum atomic E-state index is -0.833. The lowest BCUT2D eigenvalue weighted by Gasteiger charge is -2.21. The lowest BCUT2D eigenvalue weighted by atomic mass is 9.86. The Hall–Kier alpha value is -2.73. The summed E-state index contributed by atoms with van der Waals surface area (Å²) in [5, 5.41) is 10.7. The molecule has 0 saturated heterocycles. The third-order valence-electron chi connectivity index (χ3n) is 4.48. The largest absolute Gasteiger partial charge is 0.491 e. The highest BCUT2D eigenvalue weighted by atomic mass is 16.5. The van der Waals surface area contributed by atoms with Gasteiger partial charge in [-0.3, -0.25) is 9.36 Å². The van der Waals surface area contributed by atoms with Gasteiger partial charge in [0.2, 0.25) is 0 Å². The first-order valence-electron chi connectivity index (χ1n) is 8.98. The van der Waals surface area contributed by atoms with Crippen molar-refractivity contribution in [3.05, 3.63) is 64.3 Å². The van der Waals surface area contributed by atoms with Gasteiger partial charge in [-0.25, -0.2) is 9.97 Å². The molecule has 0 radical (unpaired) electrons. The summed E-state index contributed by atoms with van der Waals surface area (Å²) in [6, 6.07) is 9.44. The summed E-state index contributed by atoms with van der Waals surface area (Å²) in [4.78, 5) is 20.7. The van der Waals surface area contributed by atoms with Crippen molar-refractivity contribution in [3.63, 3.8) is 0 Å². The fraction of sp³-hybridized carbons (Fsp3) is 0.381. The van der Waals surface area contributed by atoms with Crippen LogP contribution in [0.2, 0.25) is 0 Å². The SMILES string of the molecule is Cc1cc(C(C)(C)C)ccc1OCC(O)Cn1cnc2ncccc2c1=O. The molecular formula is C21H25N3O3. The molecule has 142 valence electrons. The number of fused-ring (bicyclic) bond motifs is 1. The van der Waals surface area contributed by atoms with Gasteiger partial charge in [0.25, 0.3) is 5.56 Å². The molecule has 3 rings (SSSR count). The van der Waals surface area contributed by atoms with Gasteiger partial charge in [-0.05, 0) is 41.7 Å². The standard InChI is InChI=1S/C21H25N3O3/c1-14-10-15(21(2,3)4)7-8-18(14)27-12-16(25)11-24-13-23-19-17(20(24)26)6-5-9-22-19/h5-10,13,16,25H,11-12H2,1-4H3. The van der Waals surface area contributed by atoms with Gasteiger partial charge in [0.15, 0.2) is 5.65 Å². The van der Waals surface area contributed by atoms with Crippen molar-refractivity contribution in [1.82, 2.24) is 14.5 Å². The zero-order chi connectivity index (χ0) is 19.6. The van der Waals surface area contributed by atoms with Crippen LogP contribution in [0.15, 0.2) is 47.7 Å². The average Bonchev–Trinajstić information content (AvgIpc) is 2.62. The van der Waals surface area contributed by atoms with Gasteiger partial charge in [0, 0.05) is 6.20 Å². The molecular weight excluding hydrogens is 342 g/mol. The smallest absolute Gasteiger partial charge is 0.262 e. The third kappa shape index (κ3) is 4.34. The Bertz CT molecular complexity index is 1010. The zero-order valence-electron chi connectivity index (χ0n) is 16.1. The Labute approximate surface area is 158 Å². The van der Waals surface area contributed by atoms with E-state index in [0.29, 0.717) is 11.0 Å². The van der Waals surface area contributed by atoms with Crippen LogP contribution in [-0.4, -0.2) is 32.4 Å². The van der Waals surface area contributed by atoms with Crippen molar-refractivity contribution in [2.45, 2.75) is 45.8 Å². The maximum absolute atomic E-state index is 12.5. The lowest BCUT2D eigenvalue weighted by Crippen LogP contribution is -2.30. The fourth-order valence-electron chi connectivity index (χ4n) is 2.87. The van der Waals surface area contributed by atoms with Gasteiger partial charge in [-0.15, -0.1) is 0 Å². The van der Waals surface area contributed by atoms with E-state index in [9.17, 15) is 9.90 Å². The lowest BCUT2D eigenvalue weighted by molar-refractivity contribution is 0.0911. The summed E-state index contributed by atoms with van der Waals surface area (Å²) in [6.45, 7) is 8.68. The Morgan fingerprint density at radius 2 is 2.00 bits per heavy atom. The average molecular weight is 367 g/mol. The van der Waals surface area contributed by atoms with E-state index < -0.39 is 6.10 Å². The molecule has 2 heterocycles. The number of pyridine rings is 1. The number of ether oxygens (including phenoxy) is 1. The van der Waals surface area contributed by atoms with Crippen molar-refractivity contribution in [2.75, 3.05) is 6.61 Å². The first-order valence-corrected chi connectivity index (χ1v) is 8.98. The van der Waals surface area contributed by atoms with Gasteiger partial charge < -0.3 is 9.84 Å². The van der Waals surface area contributed by atoms with Crippen LogP contribution in [0, 0.1) is 6.92 Å². The predicted octanol–water partition coefficient (Wildman–Crippen LogP) is 2.84. The Balaban J connectivity index is 1.68. The molecule has 0 aliphatic carbocycles. The van der Waals surface area contributed by atoms with E-state index in [2.05, 4.69) is 36.8 Å². The number of aliphatic hydroxyl groups excluding tert-OH is 1. The molecule has 1 unspecified atom stereocenters. The molecule has 1 aromatic carbocycles. The normalized spacial score (nSPS) is 12.9. The summed E-state index contributed by atoms with van der Waals surface area (Å²) >= 11 is 0. The van der Waals surface area contributed by atoms with Gasteiger partial charge in [-0.1, -0.05) is 32.9 Å². The molecule has 1 atom stereocenters. The summed E-state index contributed by atoms with van der Waals surface area (Å²) < 4.78 is 7.15. The van der Waals surface area contributed by atoms with E-state index >= 15 is 0 Å². The van der Waals surface area contributed by atoms with Crippen molar-refractivity contribution < 1.29 is 9.84 Å². The van der Waals surface area contributed by atoms with E-state index in [1.165, 1.54) is 16.5 Å². The first-order chi connectivity index (χ1) is 12.8. The van der Waals surface area contributed by atoms with Crippen LogP contribution in [-0.2, 0) is 12.0 Å². The zero-order valence-corrected chi connectivity index (χ0v) is 16.1. The molecule has 0 fully saturated rings. The molecule has 6 heteroatoms. The molecule has 0 bridgehead atoms. The highest BCUT2D eigenvalue weighted by Gasteiger charge is 2.16. The number of hydrogen-bond acceptors (Lipinski definition) is 5. The molecule has 6 nitrogen and oxygen atoms in total. The number of rotatable bonds is 5. The number of hydrogen-bond donors (Lipinski definition) is 1. The summed E-state index contributed by atoms with van der Waals surface area (Å²) in [6.07, 6.45) is 2.17. The van der Waals surface area contributed by atoms with E-state index in [1.807, 2.05) is 19.1 Å².